The van der Waals surface area contributed by atoms with E-state index in [4.69, 9.17) is 9.84 Å². The molecular weight excluding hydrogens is 504 g/mol. The maximum absolute atomic E-state index is 12.6. The molecule has 0 aliphatic heterocycles. The molecule has 0 radical (unpaired) electrons. The standard InChI is InChI=1S/C34H54O4S/c1-21(2)22-11-14-31(5)17-18-33(7)23(29(22)31)9-10-25-32(6)15-13-26(38-28(37)20-39-19-27(35)36)30(3,4)24(32)12-16-34(25,33)8/h22-26,29H,1,9-20H2,2-8H3,(H,35,36)/t22-,23?,24-,25+,26-,29+,31+,32-,33+,34+/m0/s1. The number of esters is 1. The molecule has 5 fully saturated rings. The lowest BCUT2D eigenvalue weighted by Crippen LogP contribution is -2.66. The van der Waals surface area contributed by atoms with Crippen molar-refractivity contribution in [1.29, 1.82) is 0 Å². The van der Waals surface area contributed by atoms with Crippen LogP contribution in [0.5, 0.6) is 0 Å². The van der Waals surface area contributed by atoms with Gasteiger partial charge in [0.1, 0.15) is 6.10 Å². The first-order chi connectivity index (χ1) is 18.1. The van der Waals surface area contributed by atoms with Gasteiger partial charge in [-0.15, -0.1) is 11.8 Å². The summed E-state index contributed by atoms with van der Waals surface area (Å²) >= 11 is 1.13. The van der Waals surface area contributed by atoms with Gasteiger partial charge in [0.05, 0.1) is 11.5 Å². The van der Waals surface area contributed by atoms with Crippen LogP contribution in [0.4, 0.5) is 0 Å². The fourth-order valence-corrected chi connectivity index (χ4v) is 12.6. The molecule has 0 aromatic heterocycles. The first-order valence-corrected chi connectivity index (χ1v) is 16.9. The van der Waals surface area contributed by atoms with Crippen LogP contribution in [0.3, 0.4) is 0 Å². The molecule has 220 valence electrons. The van der Waals surface area contributed by atoms with E-state index in [-0.39, 0.29) is 34.4 Å². The van der Waals surface area contributed by atoms with Crippen molar-refractivity contribution in [2.45, 2.75) is 119 Å². The van der Waals surface area contributed by atoms with Crippen LogP contribution in [0.2, 0.25) is 0 Å². The highest BCUT2D eigenvalue weighted by Gasteiger charge is 2.70. The Morgan fingerprint density at radius 3 is 2.23 bits per heavy atom. The van der Waals surface area contributed by atoms with E-state index in [0.29, 0.717) is 34.0 Å². The first-order valence-electron chi connectivity index (χ1n) is 15.7. The van der Waals surface area contributed by atoms with Crippen LogP contribution in [0.1, 0.15) is 113 Å². The van der Waals surface area contributed by atoms with Crippen molar-refractivity contribution in [3.63, 3.8) is 0 Å². The van der Waals surface area contributed by atoms with Gasteiger partial charge >= 0.3 is 11.9 Å². The molecule has 5 rings (SSSR count). The van der Waals surface area contributed by atoms with Gasteiger partial charge in [-0.1, -0.05) is 53.7 Å². The summed E-state index contributed by atoms with van der Waals surface area (Å²) in [7, 11) is 0. The molecular formula is C34H54O4S. The van der Waals surface area contributed by atoms with Crippen LogP contribution < -0.4 is 0 Å². The molecule has 0 amide bonds. The minimum atomic E-state index is -0.888. The maximum atomic E-state index is 12.6. The van der Waals surface area contributed by atoms with Crippen molar-refractivity contribution >= 4 is 23.7 Å². The third-order valence-corrected chi connectivity index (χ3v) is 15.0. The minimum absolute atomic E-state index is 0.0585. The van der Waals surface area contributed by atoms with Crippen molar-refractivity contribution < 1.29 is 19.4 Å². The smallest absolute Gasteiger partial charge is 0.316 e. The molecule has 0 heterocycles. The molecule has 4 nitrogen and oxygen atoms in total. The molecule has 0 spiro atoms. The molecule has 0 aromatic rings. The number of carbonyl (C=O) groups excluding carboxylic acids is 1. The zero-order valence-corrected chi connectivity index (χ0v) is 26.6. The molecule has 1 N–H and O–H groups in total. The summed E-state index contributed by atoms with van der Waals surface area (Å²) in [6, 6.07) is 0. The van der Waals surface area contributed by atoms with E-state index in [0.717, 1.165) is 36.4 Å². The van der Waals surface area contributed by atoms with Gasteiger partial charge in [-0.3, -0.25) is 9.59 Å². The Morgan fingerprint density at radius 2 is 1.56 bits per heavy atom. The van der Waals surface area contributed by atoms with Gasteiger partial charge < -0.3 is 9.84 Å². The minimum Gasteiger partial charge on any atom is -0.481 e. The molecule has 5 heteroatoms. The van der Waals surface area contributed by atoms with E-state index in [1.807, 2.05) is 0 Å². The summed E-state index contributed by atoms with van der Waals surface area (Å²) in [6.07, 6.45) is 12.6. The molecule has 0 aromatic carbocycles. The van der Waals surface area contributed by atoms with Crippen LogP contribution in [0.15, 0.2) is 12.2 Å². The van der Waals surface area contributed by atoms with Crippen LogP contribution in [0.25, 0.3) is 0 Å². The Morgan fingerprint density at radius 1 is 0.846 bits per heavy atom. The van der Waals surface area contributed by atoms with Crippen LogP contribution in [-0.4, -0.2) is 34.7 Å². The zero-order chi connectivity index (χ0) is 28.6. The Bertz CT molecular complexity index is 1020. The zero-order valence-electron chi connectivity index (χ0n) is 25.7. The predicted molar refractivity (Wildman–Crippen MR) is 159 cm³/mol. The number of hydrogen-bond acceptors (Lipinski definition) is 4. The highest BCUT2D eigenvalue weighted by Crippen LogP contribution is 2.77. The lowest BCUT2D eigenvalue weighted by Gasteiger charge is -2.73. The van der Waals surface area contributed by atoms with Crippen molar-refractivity contribution in [3.8, 4) is 0 Å². The number of thioether (sulfide) groups is 1. The molecule has 0 bridgehead atoms. The van der Waals surface area contributed by atoms with Gasteiger partial charge in [-0.05, 0) is 122 Å². The number of allylic oxidation sites excluding steroid dienone is 1. The second kappa shape index (κ2) is 9.80. The Hall–Kier alpha value is -0.970. The normalized spacial score (nSPS) is 48.2. The van der Waals surface area contributed by atoms with Crippen LogP contribution in [-0.2, 0) is 14.3 Å². The number of aliphatic carboxylic acids is 1. The number of carboxylic acids is 1. The molecule has 5 saturated carbocycles. The van der Waals surface area contributed by atoms with Gasteiger partial charge in [0, 0.05) is 5.41 Å². The fourth-order valence-electron chi connectivity index (χ4n) is 12.1. The highest BCUT2D eigenvalue weighted by atomic mass is 32.2. The average molecular weight is 559 g/mol. The quantitative estimate of drug-likeness (QED) is 0.262. The van der Waals surface area contributed by atoms with E-state index < -0.39 is 5.97 Å². The molecule has 39 heavy (non-hydrogen) atoms. The number of hydrogen-bond donors (Lipinski definition) is 1. The second-order valence-corrected chi connectivity index (χ2v) is 17.1. The second-order valence-electron chi connectivity index (χ2n) is 16.1. The SMILES string of the molecule is C=C(C)[C@@H]1CC[C@]2(C)CC[C@]3(C)C(CC[C@@H]4[C@@]5(C)CC[C@H](OC(=O)CSCC(=O)O)C(C)(C)[C@@H]5CC[C@]43C)[C@@H]12. The van der Waals surface area contributed by atoms with Crippen LogP contribution in [0, 0.1) is 56.7 Å². The van der Waals surface area contributed by atoms with Crippen LogP contribution >= 0.6 is 11.8 Å². The molecule has 0 saturated heterocycles. The van der Waals surface area contributed by atoms with E-state index in [1.165, 1.54) is 56.9 Å². The van der Waals surface area contributed by atoms with E-state index >= 15 is 0 Å². The molecule has 5 aliphatic rings. The summed E-state index contributed by atoms with van der Waals surface area (Å²) in [6.45, 7) is 22.1. The third-order valence-electron chi connectivity index (χ3n) is 14.1. The molecule has 1 unspecified atom stereocenters. The number of carboxylic acid groups (broad SMARTS) is 1. The van der Waals surface area contributed by atoms with E-state index in [1.54, 1.807) is 0 Å². The summed E-state index contributed by atoms with van der Waals surface area (Å²) in [4.78, 5) is 23.5. The lowest BCUT2D eigenvalue weighted by molar-refractivity contribution is -0.248. The summed E-state index contributed by atoms with van der Waals surface area (Å²) in [5.41, 5.74) is 2.81. The average Bonchev–Trinajstić information content (AvgIpc) is 3.19. The number of ether oxygens (including phenoxy) is 1. The van der Waals surface area contributed by atoms with Gasteiger partial charge in [0.25, 0.3) is 0 Å². The molecule has 10 atom stereocenters. The van der Waals surface area contributed by atoms with Crippen molar-refractivity contribution in [1.82, 2.24) is 0 Å². The number of fused-ring (bicyclic) bond motifs is 7. The number of rotatable bonds is 6. The summed E-state index contributed by atoms with van der Waals surface area (Å²) in [5, 5.41) is 8.91. The topological polar surface area (TPSA) is 63.6 Å². The first kappa shape index (κ1) is 29.5. The predicted octanol–water partition coefficient (Wildman–Crippen LogP) is 8.39. The van der Waals surface area contributed by atoms with Gasteiger partial charge in [0.15, 0.2) is 0 Å². The lowest BCUT2D eigenvalue weighted by atomic mass is 9.32. The van der Waals surface area contributed by atoms with Crippen molar-refractivity contribution in [2.75, 3.05) is 11.5 Å². The Labute approximate surface area is 241 Å². The molecule has 5 aliphatic carbocycles. The fraction of sp³-hybridized carbons (Fsp3) is 0.882. The van der Waals surface area contributed by atoms with Crippen molar-refractivity contribution in [3.05, 3.63) is 12.2 Å². The van der Waals surface area contributed by atoms with Gasteiger partial charge in [-0.2, -0.15) is 0 Å². The number of carbonyl (C=O) groups is 2. The maximum Gasteiger partial charge on any atom is 0.316 e. The largest absolute Gasteiger partial charge is 0.481 e. The van der Waals surface area contributed by atoms with Gasteiger partial charge in [0.2, 0.25) is 0 Å². The Balaban J connectivity index is 1.38. The highest BCUT2D eigenvalue weighted by molar-refractivity contribution is 8.00. The summed E-state index contributed by atoms with van der Waals surface area (Å²) < 4.78 is 6.08. The Kier molecular flexibility index (Phi) is 7.42. The van der Waals surface area contributed by atoms with E-state index in [2.05, 4.69) is 55.0 Å². The van der Waals surface area contributed by atoms with Crippen molar-refractivity contribution in [2.24, 2.45) is 56.7 Å². The summed E-state index contributed by atoms with van der Waals surface area (Å²) in [5.74, 6) is 2.45. The van der Waals surface area contributed by atoms with Gasteiger partial charge in [-0.25, -0.2) is 0 Å². The third kappa shape index (κ3) is 4.36. The van der Waals surface area contributed by atoms with E-state index in [9.17, 15) is 9.59 Å². The monoisotopic (exact) mass is 558 g/mol.